The first-order valence-corrected chi connectivity index (χ1v) is 10.5. The number of carbonyl (C=O) groups excluding carboxylic acids is 2. The molecule has 1 unspecified atom stereocenters. The molecule has 29 heavy (non-hydrogen) atoms. The van der Waals surface area contributed by atoms with Gasteiger partial charge in [0, 0.05) is 13.7 Å². The van der Waals surface area contributed by atoms with Crippen LogP contribution in [-0.2, 0) is 20.9 Å². The van der Waals surface area contributed by atoms with Crippen LogP contribution in [0.15, 0.2) is 34.2 Å². The highest BCUT2D eigenvalue weighted by molar-refractivity contribution is 7.99. The Kier molecular flexibility index (Phi) is 7.34. The molecule has 11 heteroatoms. The Labute approximate surface area is 176 Å². The minimum Gasteiger partial charge on any atom is -0.376 e. The van der Waals surface area contributed by atoms with Crippen LogP contribution in [0.5, 0.6) is 0 Å². The number of para-hydroxylation sites is 1. The number of likely N-dealkylation sites (N-methyl/N-ethyl adjacent to an activating group) is 1. The number of carbonyl (C=O) groups is 2. The average molecular weight is 440 g/mol. The molecule has 1 aromatic carbocycles. The van der Waals surface area contributed by atoms with Crippen LogP contribution in [0.4, 0.5) is 5.69 Å². The Bertz CT molecular complexity index is 925. The molecule has 0 saturated carbocycles. The first-order valence-electron chi connectivity index (χ1n) is 9.12. The first-order chi connectivity index (χ1) is 13.9. The number of nitrogens with zero attached hydrogens (tertiary/aromatic N) is 3. The molecule has 2 heterocycles. The monoisotopic (exact) mass is 439 g/mol. The zero-order valence-electron chi connectivity index (χ0n) is 15.9. The number of amides is 2. The van der Waals surface area contributed by atoms with Crippen LogP contribution in [0.3, 0.4) is 0 Å². The van der Waals surface area contributed by atoms with Gasteiger partial charge in [-0.05, 0) is 25.0 Å². The third-order valence-electron chi connectivity index (χ3n) is 4.41. The van der Waals surface area contributed by atoms with Crippen LogP contribution in [-0.4, -0.2) is 63.5 Å². The number of halogens is 1. The van der Waals surface area contributed by atoms with Crippen molar-refractivity contribution < 1.29 is 14.3 Å². The molecule has 0 radical (unpaired) electrons. The number of rotatable bonds is 8. The number of ether oxygens (including phenoxy) is 1. The summed E-state index contributed by atoms with van der Waals surface area (Å²) in [6.45, 7) is 0.981. The van der Waals surface area contributed by atoms with Gasteiger partial charge >= 0.3 is 5.69 Å². The van der Waals surface area contributed by atoms with Crippen molar-refractivity contribution in [3.05, 3.63) is 39.8 Å². The number of nitrogens with one attached hydrogen (secondary N) is 2. The van der Waals surface area contributed by atoms with Crippen molar-refractivity contribution in [3.8, 4) is 0 Å². The standard InChI is InChI=1S/C18H22ClN5O4S/c1-23(10-15(25)20-14-7-3-2-6-13(14)19)16(26)11-29-18-22-21-17(27)24(18)9-12-5-4-8-28-12/h2-3,6-7,12H,4-5,8-11H2,1H3,(H,20,25)(H,21,27). The third-order valence-corrected chi connectivity index (χ3v) is 5.70. The summed E-state index contributed by atoms with van der Waals surface area (Å²) in [5, 5.41) is 9.91. The van der Waals surface area contributed by atoms with E-state index < -0.39 is 0 Å². The van der Waals surface area contributed by atoms with Gasteiger partial charge in [-0.1, -0.05) is 35.5 Å². The predicted octanol–water partition coefficient (Wildman–Crippen LogP) is 1.59. The number of aromatic amines is 1. The molecule has 1 aliphatic heterocycles. The molecule has 9 nitrogen and oxygen atoms in total. The maximum atomic E-state index is 12.4. The second-order valence-corrected chi connectivity index (χ2v) is 7.97. The van der Waals surface area contributed by atoms with Gasteiger partial charge in [0.05, 0.1) is 35.7 Å². The maximum Gasteiger partial charge on any atom is 0.344 e. The fourth-order valence-electron chi connectivity index (χ4n) is 2.86. The van der Waals surface area contributed by atoms with Crippen LogP contribution in [0.25, 0.3) is 0 Å². The SMILES string of the molecule is CN(CC(=O)Nc1ccccc1Cl)C(=O)CSc1n[nH]c(=O)n1CC1CCCO1. The second kappa shape index (κ2) is 9.95. The lowest BCUT2D eigenvalue weighted by atomic mass is 10.2. The first kappa shape index (κ1) is 21.4. The van der Waals surface area contributed by atoms with Gasteiger partial charge in [-0.2, -0.15) is 0 Å². The van der Waals surface area contributed by atoms with Crippen LogP contribution in [0, 0.1) is 0 Å². The number of H-pyrrole nitrogens is 1. The van der Waals surface area contributed by atoms with Crippen LogP contribution in [0.2, 0.25) is 5.02 Å². The zero-order valence-corrected chi connectivity index (χ0v) is 17.5. The van der Waals surface area contributed by atoms with Gasteiger partial charge in [0.1, 0.15) is 0 Å². The summed E-state index contributed by atoms with van der Waals surface area (Å²) >= 11 is 7.16. The lowest BCUT2D eigenvalue weighted by Crippen LogP contribution is -2.36. The van der Waals surface area contributed by atoms with Gasteiger partial charge in [-0.15, -0.1) is 5.10 Å². The van der Waals surface area contributed by atoms with E-state index in [1.165, 1.54) is 9.47 Å². The van der Waals surface area contributed by atoms with Crippen molar-refractivity contribution in [1.82, 2.24) is 19.7 Å². The summed E-state index contributed by atoms with van der Waals surface area (Å²) < 4.78 is 7.05. The predicted molar refractivity (Wildman–Crippen MR) is 110 cm³/mol. The molecule has 2 aromatic rings. The van der Waals surface area contributed by atoms with E-state index in [4.69, 9.17) is 16.3 Å². The van der Waals surface area contributed by atoms with Crippen LogP contribution in [0.1, 0.15) is 12.8 Å². The summed E-state index contributed by atoms with van der Waals surface area (Å²) in [5.41, 5.74) is 0.159. The van der Waals surface area contributed by atoms with Crippen molar-refractivity contribution in [2.75, 3.05) is 31.3 Å². The number of thioether (sulfide) groups is 1. The highest BCUT2D eigenvalue weighted by atomic mass is 35.5. The van der Waals surface area contributed by atoms with E-state index in [0.29, 0.717) is 29.0 Å². The fraction of sp³-hybridized carbons (Fsp3) is 0.444. The van der Waals surface area contributed by atoms with E-state index in [1.54, 1.807) is 31.3 Å². The van der Waals surface area contributed by atoms with Crippen molar-refractivity contribution in [2.45, 2.75) is 30.6 Å². The molecule has 3 rings (SSSR count). The minimum atomic E-state index is -0.353. The largest absolute Gasteiger partial charge is 0.376 e. The van der Waals surface area contributed by atoms with E-state index in [9.17, 15) is 14.4 Å². The Morgan fingerprint density at radius 1 is 1.45 bits per heavy atom. The minimum absolute atomic E-state index is 0.0171. The van der Waals surface area contributed by atoms with E-state index in [1.807, 2.05) is 0 Å². The van der Waals surface area contributed by atoms with Gasteiger partial charge < -0.3 is 15.0 Å². The third kappa shape index (κ3) is 5.84. The molecule has 1 saturated heterocycles. The number of benzene rings is 1. The van der Waals surface area contributed by atoms with Gasteiger partial charge in [0.2, 0.25) is 11.8 Å². The highest BCUT2D eigenvalue weighted by Gasteiger charge is 2.21. The smallest absolute Gasteiger partial charge is 0.344 e. The molecular weight excluding hydrogens is 418 g/mol. The Hall–Kier alpha value is -2.30. The fourth-order valence-corrected chi connectivity index (χ4v) is 3.94. The summed E-state index contributed by atoms with van der Waals surface area (Å²) in [6.07, 6.45) is 1.85. The molecule has 156 valence electrons. The topological polar surface area (TPSA) is 109 Å². The van der Waals surface area contributed by atoms with Gasteiger partial charge in [-0.3, -0.25) is 14.2 Å². The van der Waals surface area contributed by atoms with Gasteiger partial charge in [0.25, 0.3) is 0 Å². The van der Waals surface area contributed by atoms with Crippen molar-refractivity contribution in [3.63, 3.8) is 0 Å². The van der Waals surface area contributed by atoms with Crippen molar-refractivity contribution in [1.29, 1.82) is 0 Å². The highest BCUT2D eigenvalue weighted by Crippen LogP contribution is 2.20. The van der Waals surface area contributed by atoms with E-state index in [2.05, 4.69) is 15.5 Å². The molecule has 0 aliphatic carbocycles. The second-order valence-electron chi connectivity index (χ2n) is 6.62. The molecular formula is C18H22ClN5O4S. The normalized spacial score (nSPS) is 16.0. The molecule has 1 atom stereocenters. The molecule has 1 aromatic heterocycles. The van der Waals surface area contributed by atoms with Gasteiger partial charge in [0.15, 0.2) is 5.16 Å². The maximum absolute atomic E-state index is 12.4. The van der Waals surface area contributed by atoms with Crippen LogP contribution >= 0.6 is 23.4 Å². The number of aromatic nitrogens is 3. The zero-order chi connectivity index (χ0) is 20.8. The summed E-state index contributed by atoms with van der Waals surface area (Å²) in [5.74, 6) is -0.566. The lowest BCUT2D eigenvalue weighted by Gasteiger charge is -2.17. The number of hydrogen-bond acceptors (Lipinski definition) is 6. The quantitative estimate of drug-likeness (QED) is 0.604. The average Bonchev–Trinajstić information content (AvgIpc) is 3.32. The molecule has 0 spiro atoms. The molecule has 2 N–H and O–H groups in total. The van der Waals surface area contributed by atoms with Crippen LogP contribution < -0.4 is 11.0 Å². The van der Waals surface area contributed by atoms with Crippen molar-refractivity contribution >= 4 is 40.9 Å². The number of hydrogen-bond donors (Lipinski definition) is 2. The Balaban J connectivity index is 1.50. The summed E-state index contributed by atoms with van der Waals surface area (Å²) in [7, 11) is 1.54. The molecule has 1 fully saturated rings. The summed E-state index contributed by atoms with van der Waals surface area (Å²) in [4.78, 5) is 37.8. The van der Waals surface area contributed by atoms with E-state index in [-0.39, 0.29) is 35.9 Å². The van der Waals surface area contributed by atoms with Gasteiger partial charge in [-0.25, -0.2) is 9.89 Å². The number of anilines is 1. The lowest BCUT2D eigenvalue weighted by molar-refractivity contribution is -0.131. The Morgan fingerprint density at radius 3 is 2.97 bits per heavy atom. The van der Waals surface area contributed by atoms with E-state index >= 15 is 0 Å². The van der Waals surface area contributed by atoms with Crippen molar-refractivity contribution in [2.24, 2.45) is 0 Å². The molecule has 1 aliphatic rings. The molecule has 0 bridgehead atoms. The molecule has 2 amide bonds. The Morgan fingerprint density at radius 2 is 2.24 bits per heavy atom. The van der Waals surface area contributed by atoms with E-state index in [0.717, 1.165) is 24.6 Å². The summed E-state index contributed by atoms with van der Waals surface area (Å²) in [6, 6.07) is 6.87.